The smallest absolute Gasteiger partial charge is 0.123 e. The monoisotopic (exact) mass is 330 g/mol. The van der Waals surface area contributed by atoms with Gasteiger partial charge in [0.05, 0.1) is 11.7 Å². The number of hydrogen-bond donors (Lipinski definition) is 2. The quantitative estimate of drug-likeness (QED) is 0.891. The van der Waals surface area contributed by atoms with Crippen molar-refractivity contribution in [3.05, 3.63) is 34.1 Å². The number of benzene rings is 1. The molecule has 1 aliphatic rings. The Morgan fingerprint density at radius 1 is 1.42 bits per heavy atom. The first-order valence-electron chi connectivity index (χ1n) is 6.75. The molecular formula is C15H20BrFO2. The Bertz CT molecular complexity index is 442. The zero-order chi connectivity index (χ0) is 14.0. The van der Waals surface area contributed by atoms with Gasteiger partial charge in [0.1, 0.15) is 5.82 Å². The van der Waals surface area contributed by atoms with Crippen LogP contribution in [-0.4, -0.2) is 21.9 Å². The molecule has 0 spiro atoms. The fraction of sp³-hybridized carbons (Fsp3) is 0.600. The molecule has 1 unspecified atom stereocenters. The molecule has 1 fully saturated rings. The van der Waals surface area contributed by atoms with Crippen molar-refractivity contribution >= 4 is 15.9 Å². The molecule has 1 aliphatic carbocycles. The van der Waals surface area contributed by atoms with Crippen molar-refractivity contribution in [1.29, 1.82) is 0 Å². The first kappa shape index (κ1) is 14.9. The van der Waals surface area contributed by atoms with Crippen LogP contribution in [0.4, 0.5) is 4.39 Å². The second kappa shape index (κ2) is 5.90. The van der Waals surface area contributed by atoms with Crippen LogP contribution in [0.3, 0.4) is 0 Å². The Kier molecular flexibility index (Phi) is 4.64. The van der Waals surface area contributed by atoms with Gasteiger partial charge in [-0.2, -0.15) is 0 Å². The molecule has 1 aromatic carbocycles. The molecule has 0 aliphatic heterocycles. The molecule has 0 aromatic heterocycles. The standard InChI is InChI=1S/C15H20BrFO2/c1-10-4-6-15(19,7-5-10)14(18)9-11-8-12(17)2-3-13(11)16/h2-3,8,10,14,18-19H,4-7,9H2,1H3. The maximum absolute atomic E-state index is 13.2. The van der Waals surface area contributed by atoms with Gasteiger partial charge >= 0.3 is 0 Å². The number of aliphatic hydroxyl groups is 2. The summed E-state index contributed by atoms with van der Waals surface area (Å²) in [5.41, 5.74) is -0.335. The van der Waals surface area contributed by atoms with Gasteiger partial charge in [0, 0.05) is 10.9 Å². The fourth-order valence-corrected chi connectivity index (χ4v) is 3.10. The van der Waals surface area contributed by atoms with Crippen LogP contribution in [0.1, 0.15) is 38.2 Å². The highest BCUT2D eigenvalue weighted by Gasteiger charge is 2.38. The number of aliphatic hydroxyl groups excluding tert-OH is 1. The Labute approximate surface area is 121 Å². The van der Waals surface area contributed by atoms with Crippen LogP contribution in [-0.2, 0) is 6.42 Å². The summed E-state index contributed by atoms with van der Waals surface area (Å²) in [4.78, 5) is 0. The molecule has 0 amide bonds. The molecule has 4 heteroatoms. The Hall–Kier alpha value is -0.450. The maximum Gasteiger partial charge on any atom is 0.123 e. The topological polar surface area (TPSA) is 40.5 Å². The van der Waals surface area contributed by atoms with Crippen LogP contribution in [0.25, 0.3) is 0 Å². The highest BCUT2D eigenvalue weighted by atomic mass is 79.9. The number of rotatable bonds is 3. The molecule has 106 valence electrons. The third kappa shape index (κ3) is 3.56. The van der Waals surface area contributed by atoms with Gasteiger partial charge in [-0.1, -0.05) is 22.9 Å². The Balaban J connectivity index is 2.08. The minimum Gasteiger partial charge on any atom is -0.390 e. The van der Waals surface area contributed by atoms with E-state index < -0.39 is 11.7 Å². The predicted octanol–water partition coefficient (Wildman–Crippen LogP) is 3.43. The summed E-state index contributed by atoms with van der Waals surface area (Å²) in [6, 6.07) is 4.41. The SMILES string of the molecule is CC1CCC(O)(C(O)Cc2cc(F)ccc2Br)CC1. The van der Waals surface area contributed by atoms with E-state index in [2.05, 4.69) is 22.9 Å². The summed E-state index contributed by atoms with van der Waals surface area (Å²) < 4.78 is 14.0. The van der Waals surface area contributed by atoms with Gasteiger partial charge in [0.15, 0.2) is 0 Å². The molecule has 0 heterocycles. The van der Waals surface area contributed by atoms with Crippen molar-refractivity contribution in [3.63, 3.8) is 0 Å². The highest BCUT2D eigenvalue weighted by Crippen LogP contribution is 2.35. The lowest BCUT2D eigenvalue weighted by molar-refractivity contribution is -0.102. The van der Waals surface area contributed by atoms with Crippen molar-refractivity contribution in [1.82, 2.24) is 0 Å². The third-order valence-electron chi connectivity index (χ3n) is 4.18. The van der Waals surface area contributed by atoms with Gasteiger partial charge in [-0.05, 0) is 55.4 Å². The zero-order valence-corrected chi connectivity index (χ0v) is 12.7. The normalized spacial score (nSPS) is 29.2. The summed E-state index contributed by atoms with van der Waals surface area (Å²) in [6.07, 6.45) is 2.50. The molecular weight excluding hydrogens is 311 g/mol. The average molecular weight is 331 g/mol. The molecule has 2 N–H and O–H groups in total. The minimum absolute atomic E-state index is 0.267. The second-order valence-electron chi connectivity index (χ2n) is 5.74. The Morgan fingerprint density at radius 2 is 2.05 bits per heavy atom. The summed E-state index contributed by atoms with van der Waals surface area (Å²) >= 11 is 3.35. The lowest BCUT2D eigenvalue weighted by Gasteiger charge is -2.38. The largest absolute Gasteiger partial charge is 0.390 e. The molecule has 1 saturated carbocycles. The lowest BCUT2D eigenvalue weighted by atomic mass is 9.75. The van der Waals surface area contributed by atoms with Crippen LogP contribution in [0.5, 0.6) is 0 Å². The molecule has 0 saturated heterocycles. The number of halogens is 2. The summed E-state index contributed by atoms with van der Waals surface area (Å²) in [5, 5.41) is 20.8. The van der Waals surface area contributed by atoms with E-state index >= 15 is 0 Å². The predicted molar refractivity (Wildman–Crippen MR) is 76.4 cm³/mol. The molecule has 1 atom stereocenters. The van der Waals surface area contributed by atoms with Gasteiger partial charge in [-0.15, -0.1) is 0 Å². The van der Waals surface area contributed by atoms with Crippen molar-refractivity contribution in [2.75, 3.05) is 0 Å². The van der Waals surface area contributed by atoms with Gasteiger partial charge in [-0.3, -0.25) is 0 Å². The van der Waals surface area contributed by atoms with Crippen LogP contribution >= 0.6 is 15.9 Å². The van der Waals surface area contributed by atoms with Crippen molar-refractivity contribution in [3.8, 4) is 0 Å². The number of hydrogen-bond acceptors (Lipinski definition) is 2. The molecule has 0 bridgehead atoms. The summed E-state index contributed by atoms with van der Waals surface area (Å²) in [5.74, 6) is 0.281. The van der Waals surface area contributed by atoms with E-state index in [1.165, 1.54) is 12.1 Å². The van der Waals surface area contributed by atoms with Gasteiger partial charge < -0.3 is 10.2 Å². The van der Waals surface area contributed by atoms with Gasteiger partial charge in [0.25, 0.3) is 0 Å². The lowest BCUT2D eigenvalue weighted by Crippen LogP contribution is -2.46. The fourth-order valence-electron chi connectivity index (χ4n) is 2.69. The average Bonchev–Trinajstić information content (AvgIpc) is 2.37. The van der Waals surface area contributed by atoms with E-state index in [1.807, 2.05) is 0 Å². The van der Waals surface area contributed by atoms with Crippen LogP contribution in [0, 0.1) is 11.7 Å². The van der Waals surface area contributed by atoms with E-state index in [0.29, 0.717) is 24.3 Å². The molecule has 2 nitrogen and oxygen atoms in total. The van der Waals surface area contributed by atoms with E-state index in [9.17, 15) is 14.6 Å². The van der Waals surface area contributed by atoms with Crippen molar-refractivity contribution in [2.24, 2.45) is 5.92 Å². The third-order valence-corrected chi connectivity index (χ3v) is 4.96. The van der Waals surface area contributed by atoms with E-state index in [-0.39, 0.29) is 12.2 Å². The van der Waals surface area contributed by atoms with Crippen molar-refractivity contribution < 1.29 is 14.6 Å². The van der Waals surface area contributed by atoms with Gasteiger partial charge in [0.2, 0.25) is 0 Å². The second-order valence-corrected chi connectivity index (χ2v) is 6.60. The van der Waals surface area contributed by atoms with Gasteiger partial charge in [-0.25, -0.2) is 4.39 Å². The molecule has 19 heavy (non-hydrogen) atoms. The Morgan fingerprint density at radius 3 is 2.68 bits per heavy atom. The molecule has 2 rings (SSSR count). The summed E-state index contributed by atoms with van der Waals surface area (Å²) in [6.45, 7) is 2.16. The molecule has 1 aromatic rings. The first-order chi connectivity index (χ1) is 8.90. The van der Waals surface area contributed by atoms with Crippen LogP contribution < -0.4 is 0 Å². The van der Waals surface area contributed by atoms with E-state index in [0.717, 1.165) is 17.3 Å². The zero-order valence-electron chi connectivity index (χ0n) is 11.1. The van der Waals surface area contributed by atoms with Crippen molar-refractivity contribution in [2.45, 2.75) is 50.7 Å². The maximum atomic E-state index is 13.2. The minimum atomic E-state index is -1.03. The molecule has 0 radical (unpaired) electrons. The summed E-state index contributed by atoms with van der Waals surface area (Å²) in [7, 11) is 0. The van der Waals surface area contributed by atoms with Crippen LogP contribution in [0.2, 0.25) is 0 Å². The highest BCUT2D eigenvalue weighted by molar-refractivity contribution is 9.10. The first-order valence-corrected chi connectivity index (χ1v) is 7.54. The van der Waals surface area contributed by atoms with Crippen LogP contribution in [0.15, 0.2) is 22.7 Å². The van der Waals surface area contributed by atoms with E-state index in [1.54, 1.807) is 6.07 Å². The van der Waals surface area contributed by atoms with E-state index in [4.69, 9.17) is 0 Å².